The van der Waals surface area contributed by atoms with Gasteiger partial charge in [-0.2, -0.15) is 4.98 Å². The lowest BCUT2D eigenvalue weighted by atomic mass is 10.2. The molecule has 0 atom stereocenters. The standard InChI is InChI=1S/C20H20Cl2N4O2S/c1-3-5-17-24-18(28-25-17)8-9-19(27)26(10-4-2)20-23-16(12-29-20)13-6-7-14(21)15(22)11-13/h4,6-7,11-12H,2-3,5,8-10H2,1H3. The van der Waals surface area contributed by atoms with Crippen LogP contribution in [0.4, 0.5) is 5.13 Å². The fourth-order valence-electron chi connectivity index (χ4n) is 2.66. The molecule has 0 unspecified atom stereocenters. The van der Waals surface area contributed by atoms with E-state index >= 15 is 0 Å². The zero-order chi connectivity index (χ0) is 20.8. The lowest BCUT2D eigenvalue weighted by molar-refractivity contribution is -0.118. The number of amides is 1. The van der Waals surface area contributed by atoms with Crippen molar-refractivity contribution in [3.05, 3.63) is 58.0 Å². The lowest BCUT2D eigenvalue weighted by Crippen LogP contribution is -2.31. The highest BCUT2D eigenvalue weighted by Crippen LogP contribution is 2.32. The van der Waals surface area contributed by atoms with Crippen molar-refractivity contribution in [2.45, 2.75) is 32.6 Å². The van der Waals surface area contributed by atoms with Gasteiger partial charge in [-0.25, -0.2) is 4.98 Å². The van der Waals surface area contributed by atoms with Gasteiger partial charge in [-0.1, -0.05) is 47.4 Å². The number of rotatable bonds is 9. The molecule has 0 N–H and O–H groups in total. The Kier molecular flexibility index (Phi) is 7.41. The number of aryl methyl sites for hydroxylation is 2. The van der Waals surface area contributed by atoms with Crippen LogP contribution in [-0.2, 0) is 17.6 Å². The highest BCUT2D eigenvalue weighted by atomic mass is 35.5. The molecule has 3 aromatic rings. The van der Waals surface area contributed by atoms with Crippen molar-refractivity contribution < 1.29 is 9.32 Å². The molecule has 0 spiro atoms. The van der Waals surface area contributed by atoms with Gasteiger partial charge in [0.25, 0.3) is 0 Å². The van der Waals surface area contributed by atoms with E-state index in [0.717, 1.165) is 24.1 Å². The molecule has 152 valence electrons. The molecular weight excluding hydrogens is 431 g/mol. The minimum Gasteiger partial charge on any atom is -0.339 e. The number of anilines is 1. The van der Waals surface area contributed by atoms with Gasteiger partial charge >= 0.3 is 0 Å². The van der Waals surface area contributed by atoms with Crippen molar-refractivity contribution in [3.63, 3.8) is 0 Å². The van der Waals surface area contributed by atoms with Crippen molar-refractivity contribution in [3.8, 4) is 11.3 Å². The third kappa shape index (κ3) is 5.44. The van der Waals surface area contributed by atoms with E-state index in [-0.39, 0.29) is 12.3 Å². The van der Waals surface area contributed by atoms with E-state index in [1.54, 1.807) is 23.1 Å². The first-order valence-electron chi connectivity index (χ1n) is 9.15. The number of carbonyl (C=O) groups excluding carboxylic acids is 1. The Morgan fingerprint density at radius 3 is 2.83 bits per heavy atom. The number of nitrogens with zero attached hydrogens (tertiary/aromatic N) is 4. The number of aromatic nitrogens is 3. The van der Waals surface area contributed by atoms with Crippen LogP contribution in [0.2, 0.25) is 10.0 Å². The fraction of sp³-hybridized carbons (Fsp3) is 0.300. The van der Waals surface area contributed by atoms with E-state index in [2.05, 4.69) is 21.7 Å². The summed E-state index contributed by atoms with van der Waals surface area (Å²) >= 11 is 13.5. The number of benzene rings is 1. The Bertz CT molecular complexity index is 1000. The Hall–Kier alpha value is -2.22. The summed E-state index contributed by atoms with van der Waals surface area (Å²) < 4.78 is 5.21. The molecule has 9 heteroatoms. The van der Waals surface area contributed by atoms with Crippen LogP contribution < -0.4 is 4.90 Å². The monoisotopic (exact) mass is 450 g/mol. The maximum atomic E-state index is 12.8. The Morgan fingerprint density at radius 2 is 2.10 bits per heavy atom. The zero-order valence-electron chi connectivity index (χ0n) is 15.9. The van der Waals surface area contributed by atoms with Crippen LogP contribution in [0.3, 0.4) is 0 Å². The molecule has 0 radical (unpaired) electrons. The lowest BCUT2D eigenvalue weighted by Gasteiger charge is -2.17. The van der Waals surface area contributed by atoms with E-state index in [4.69, 9.17) is 27.7 Å². The summed E-state index contributed by atoms with van der Waals surface area (Å²) in [5.74, 6) is 1.05. The maximum absolute atomic E-state index is 12.8. The molecule has 6 nitrogen and oxygen atoms in total. The summed E-state index contributed by atoms with van der Waals surface area (Å²) in [4.78, 5) is 23.3. The molecule has 1 amide bonds. The van der Waals surface area contributed by atoms with Crippen molar-refractivity contribution in [2.75, 3.05) is 11.4 Å². The minimum atomic E-state index is -0.0878. The van der Waals surface area contributed by atoms with Gasteiger partial charge in [-0.15, -0.1) is 17.9 Å². The Morgan fingerprint density at radius 1 is 1.28 bits per heavy atom. The number of thiazole rings is 1. The smallest absolute Gasteiger partial charge is 0.229 e. The van der Waals surface area contributed by atoms with E-state index in [1.165, 1.54) is 11.3 Å². The predicted molar refractivity (Wildman–Crippen MR) is 117 cm³/mol. The van der Waals surface area contributed by atoms with E-state index in [1.807, 2.05) is 18.4 Å². The molecule has 0 saturated heterocycles. The zero-order valence-corrected chi connectivity index (χ0v) is 18.2. The summed E-state index contributed by atoms with van der Waals surface area (Å²) in [6.45, 7) is 6.15. The molecule has 0 fully saturated rings. The van der Waals surface area contributed by atoms with Crippen LogP contribution in [0, 0.1) is 0 Å². The highest BCUT2D eigenvalue weighted by molar-refractivity contribution is 7.14. The van der Waals surface area contributed by atoms with Gasteiger partial charge < -0.3 is 4.52 Å². The van der Waals surface area contributed by atoms with Crippen LogP contribution in [0.15, 0.2) is 40.8 Å². The average Bonchev–Trinajstić information content (AvgIpc) is 3.36. The third-order valence-corrected chi connectivity index (χ3v) is 5.69. The van der Waals surface area contributed by atoms with Crippen LogP contribution in [0.5, 0.6) is 0 Å². The molecule has 0 aliphatic heterocycles. The summed E-state index contributed by atoms with van der Waals surface area (Å²) in [6.07, 6.45) is 3.99. The van der Waals surface area contributed by atoms with Gasteiger partial charge in [0.05, 0.1) is 15.7 Å². The van der Waals surface area contributed by atoms with Gasteiger partial charge in [-0.05, 0) is 18.6 Å². The largest absolute Gasteiger partial charge is 0.339 e. The molecule has 29 heavy (non-hydrogen) atoms. The molecule has 2 aromatic heterocycles. The topological polar surface area (TPSA) is 72.1 Å². The predicted octanol–water partition coefficient (Wildman–Crippen LogP) is 5.60. The molecule has 0 bridgehead atoms. The van der Waals surface area contributed by atoms with Gasteiger partial charge in [0.2, 0.25) is 11.8 Å². The summed E-state index contributed by atoms with van der Waals surface area (Å²) in [6, 6.07) is 5.32. The second kappa shape index (κ2) is 10.0. The fourth-order valence-corrected chi connectivity index (χ4v) is 3.82. The molecule has 2 heterocycles. The van der Waals surface area contributed by atoms with Crippen molar-refractivity contribution in [1.82, 2.24) is 15.1 Å². The van der Waals surface area contributed by atoms with Gasteiger partial charge in [0, 0.05) is 36.8 Å². The molecular formula is C20H20Cl2N4O2S. The highest BCUT2D eigenvalue weighted by Gasteiger charge is 2.20. The van der Waals surface area contributed by atoms with Crippen molar-refractivity contribution in [1.29, 1.82) is 0 Å². The van der Waals surface area contributed by atoms with Crippen molar-refractivity contribution in [2.24, 2.45) is 0 Å². The molecule has 0 aliphatic carbocycles. The second-order valence-corrected chi connectivity index (χ2v) is 7.94. The van der Waals surface area contributed by atoms with Gasteiger partial charge in [0.1, 0.15) is 0 Å². The SMILES string of the molecule is C=CCN(C(=O)CCc1nc(CCC)no1)c1nc(-c2ccc(Cl)c(Cl)c2)cs1. The Balaban J connectivity index is 1.71. The quantitative estimate of drug-likeness (QED) is 0.396. The normalized spacial score (nSPS) is 10.9. The number of hydrogen-bond donors (Lipinski definition) is 0. The molecule has 1 aromatic carbocycles. The summed E-state index contributed by atoms with van der Waals surface area (Å²) in [7, 11) is 0. The average molecular weight is 451 g/mol. The first kappa shape index (κ1) is 21.5. The maximum Gasteiger partial charge on any atom is 0.229 e. The van der Waals surface area contributed by atoms with Crippen LogP contribution in [-0.4, -0.2) is 27.6 Å². The minimum absolute atomic E-state index is 0.0878. The third-order valence-electron chi connectivity index (χ3n) is 4.09. The molecule has 0 aliphatic rings. The first-order chi connectivity index (χ1) is 14.0. The van der Waals surface area contributed by atoms with E-state index in [9.17, 15) is 4.79 Å². The molecule has 0 saturated carbocycles. The Labute approximate surface area is 183 Å². The molecule has 3 rings (SSSR count). The summed E-state index contributed by atoms with van der Waals surface area (Å²) in [5, 5.41) is 7.33. The summed E-state index contributed by atoms with van der Waals surface area (Å²) in [5.41, 5.74) is 1.56. The number of halogens is 2. The van der Waals surface area contributed by atoms with Gasteiger partial charge in [0.15, 0.2) is 11.0 Å². The van der Waals surface area contributed by atoms with Crippen molar-refractivity contribution >= 4 is 45.6 Å². The van der Waals surface area contributed by atoms with E-state index in [0.29, 0.717) is 39.9 Å². The van der Waals surface area contributed by atoms with Crippen LogP contribution in [0.25, 0.3) is 11.3 Å². The number of hydrogen-bond acceptors (Lipinski definition) is 6. The van der Waals surface area contributed by atoms with Crippen LogP contribution in [0.1, 0.15) is 31.5 Å². The first-order valence-corrected chi connectivity index (χ1v) is 10.8. The second-order valence-electron chi connectivity index (χ2n) is 6.29. The van der Waals surface area contributed by atoms with Gasteiger partial charge in [-0.3, -0.25) is 9.69 Å². The number of carbonyl (C=O) groups is 1. The van der Waals surface area contributed by atoms with Crippen LogP contribution >= 0.6 is 34.5 Å². The van der Waals surface area contributed by atoms with E-state index < -0.39 is 0 Å².